The summed E-state index contributed by atoms with van der Waals surface area (Å²) in [6.07, 6.45) is 0. The van der Waals surface area contributed by atoms with Crippen LogP contribution < -0.4 is 0 Å². The normalized spacial score (nSPS) is 10.7. The Labute approximate surface area is 118 Å². The molecule has 1 heterocycles. The molecule has 94 valence electrons. The summed E-state index contributed by atoms with van der Waals surface area (Å²) in [6.45, 7) is -0.296. The Balaban J connectivity index is 2.65. The van der Waals surface area contributed by atoms with E-state index in [-0.39, 0.29) is 22.3 Å². The molecule has 1 aromatic heterocycles. The average molecular weight is 307 g/mol. The molecule has 0 aliphatic carbocycles. The van der Waals surface area contributed by atoms with Gasteiger partial charge in [-0.15, -0.1) is 0 Å². The molecule has 0 saturated carbocycles. The molecule has 1 N–H and O–H groups in total. The minimum atomic E-state index is -0.710. The summed E-state index contributed by atoms with van der Waals surface area (Å²) in [5.74, 6) is -0.710. The van der Waals surface area contributed by atoms with Crippen LogP contribution in [0.4, 0.5) is 4.39 Å². The van der Waals surface area contributed by atoms with E-state index in [0.29, 0.717) is 16.1 Å². The van der Waals surface area contributed by atoms with Gasteiger partial charge in [0.05, 0.1) is 22.3 Å². The van der Waals surface area contributed by atoms with Gasteiger partial charge in [0.15, 0.2) is 0 Å². The lowest BCUT2D eigenvalue weighted by Gasteiger charge is -2.08. The van der Waals surface area contributed by atoms with Gasteiger partial charge in [-0.1, -0.05) is 34.8 Å². The highest BCUT2D eigenvalue weighted by atomic mass is 35.5. The van der Waals surface area contributed by atoms with E-state index < -0.39 is 5.95 Å². The Morgan fingerprint density at radius 1 is 1.06 bits per heavy atom. The van der Waals surface area contributed by atoms with Gasteiger partial charge in [0.25, 0.3) is 0 Å². The maximum absolute atomic E-state index is 13.3. The highest BCUT2D eigenvalue weighted by Gasteiger charge is 2.13. The molecule has 0 saturated heterocycles. The van der Waals surface area contributed by atoms with E-state index in [2.05, 4.69) is 4.98 Å². The molecule has 0 amide bonds. The smallest absolute Gasteiger partial charge is 0.213 e. The van der Waals surface area contributed by atoms with Crippen LogP contribution in [-0.2, 0) is 6.61 Å². The molecule has 0 atom stereocenters. The molecule has 1 aromatic carbocycles. The second-order valence-corrected chi connectivity index (χ2v) is 4.84. The number of nitrogens with zero attached hydrogens (tertiary/aromatic N) is 1. The van der Waals surface area contributed by atoms with Crippen molar-refractivity contribution in [2.24, 2.45) is 0 Å². The number of hydrogen-bond donors (Lipinski definition) is 1. The second kappa shape index (κ2) is 5.41. The van der Waals surface area contributed by atoms with Gasteiger partial charge in [0.1, 0.15) is 0 Å². The van der Waals surface area contributed by atoms with Crippen LogP contribution in [0.2, 0.25) is 15.1 Å². The zero-order chi connectivity index (χ0) is 13.3. The topological polar surface area (TPSA) is 33.1 Å². The van der Waals surface area contributed by atoms with E-state index in [0.717, 1.165) is 6.07 Å². The number of rotatable bonds is 2. The maximum atomic E-state index is 13.3. The highest BCUT2D eigenvalue weighted by molar-refractivity contribution is 6.41. The molecule has 0 fully saturated rings. The summed E-state index contributed by atoms with van der Waals surface area (Å²) < 4.78 is 13.3. The van der Waals surface area contributed by atoms with Gasteiger partial charge in [0, 0.05) is 10.6 Å². The van der Waals surface area contributed by atoms with Crippen molar-refractivity contribution in [3.05, 3.63) is 50.8 Å². The third kappa shape index (κ3) is 2.75. The zero-order valence-electron chi connectivity index (χ0n) is 8.92. The predicted molar refractivity (Wildman–Crippen MR) is 70.6 cm³/mol. The first-order valence-electron chi connectivity index (χ1n) is 4.93. The van der Waals surface area contributed by atoms with Crippen molar-refractivity contribution >= 4 is 34.8 Å². The Kier molecular flexibility index (Phi) is 4.07. The number of hydrogen-bond acceptors (Lipinski definition) is 2. The molecule has 0 bridgehead atoms. The lowest BCUT2D eigenvalue weighted by Crippen LogP contribution is -1.94. The first-order valence-corrected chi connectivity index (χ1v) is 6.07. The summed E-state index contributed by atoms with van der Waals surface area (Å²) in [4.78, 5) is 3.71. The fourth-order valence-electron chi connectivity index (χ4n) is 1.56. The first-order chi connectivity index (χ1) is 8.51. The molecule has 2 rings (SSSR count). The van der Waals surface area contributed by atoms with Crippen molar-refractivity contribution in [3.8, 4) is 11.3 Å². The van der Waals surface area contributed by atoms with E-state index in [1.807, 2.05) is 0 Å². The molecular weight excluding hydrogens is 299 g/mol. The largest absolute Gasteiger partial charge is 0.392 e. The molecule has 2 nitrogen and oxygen atoms in total. The molecule has 6 heteroatoms. The van der Waals surface area contributed by atoms with Crippen LogP contribution >= 0.6 is 34.8 Å². The van der Waals surface area contributed by atoms with Gasteiger partial charge in [-0.25, -0.2) is 4.98 Å². The van der Waals surface area contributed by atoms with E-state index >= 15 is 0 Å². The van der Waals surface area contributed by atoms with E-state index in [9.17, 15) is 4.39 Å². The standard InChI is InChI=1S/C12H7Cl3FNO/c13-7-3-8(14)12(9(15)4-7)10-1-6(5-18)2-11(16)17-10/h1-4,18H,5H2. The SMILES string of the molecule is OCc1cc(F)nc(-c2c(Cl)cc(Cl)cc2Cl)c1. The van der Waals surface area contributed by atoms with Crippen LogP contribution in [-0.4, -0.2) is 10.1 Å². The summed E-state index contributed by atoms with van der Waals surface area (Å²) in [5, 5.41) is 9.96. The monoisotopic (exact) mass is 305 g/mol. The van der Waals surface area contributed by atoms with Crippen molar-refractivity contribution in [1.82, 2.24) is 4.98 Å². The van der Waals surface area contributed by atoms with Gasteiger partial charge in [0.2, 0.25) is 5.95 Å². The summed E-state index contributed by atoms with van der Waals surface area (Å²) in [5.41, 5.74) is 1.03. The number of aliphatic hydroxyl groups excluding tert-OH is 1. The number of aromatic nitrogens is 1. The maximum Gasteiger partial charge on any atom is 0.213 e. The van der Waals surface area contributed by atoms with Gasteiger partial charge >= 0.3 is 0 Å². The lowest BCUT2D eigenvalue weighted by molar-refractivity contribution is 0.281. The van der Waals surface area contributed by atoms with Crippen LogP contribution in [0.3, 0.4) is 0 Å². The van der Waals surface area contributed by atoms with Crippen LogP contribution in [0, 0.1) is 5.95 Å². The number of aliphatic hydroxyl groups is 1. The summed E-state index contributed by atoms with van der Waals surface area (Å²) in [6, 6.07) is 5.65. The summed E-state index contributed by atoms with van der Waals surface area (Å²) in [7, 11) is 0. The molecule has 0 radical (unpaired) electrons. The third-order valence-electron chi connectivity index (χ3n) is 2.30. The minimum Gasteiger partial charge on any atom is -0.392 e. The Morgan fingerprint density at radius 2 is 1.67 bits per heavy atom. The molecule has 0 unspecified atom stereocenters. The van der Waals surface area contributed by atoms with Crippen molar-refractivity contribution in [2.75, 3.05) is 0 Å². The quantitative estimate of drug-likeness (QED) is 0.837. The molecule has 2 aromatic rings. The fraction of sp³-hybridized carbons (Fsp3) is 0.0833. The molecule has 18 heavy (non-hydrogen) atoms. The van der Waals surface area contributed by atoms with Gasteiger partial charge in [-0.3, -0.25) is 0 Å². The molecular formula is C12H7Cl3FNO. The predicted octanol–water partition coefficient (Wildman–Crippen LogP) is 4.34. The van der Waals surface area contributed by atoms with Crippen molar-refractivity contribution < 1.29 is 9.50 Å². The van der Waals surface area contributed by atoms with Crippen LogP contribution in [0.5, 0.6) is 0 Å². The molecule has 0 aliphatic rings. The zero-order valence-corrected chi connectivity index (χ0v) is 11.2. The van der Waals surface area contributed by atoms with E-state index in [1.54, 1.807) is 0 Å². The van der Waals surface area contributed by atoms with Gasteiger partial charge < -0.3 is 5.11 Å². The minimum absolute atomic E-state index is 0.255. The van der Waals surface area contributed by atoms with Crippen LogP contribution in [0.25, 0.3) is 11.3 Å². The van der Waals surface area contributed by atoms with E-state index in [4.69, 9.17) is 39.9 Å². The van der Waals surface area contributed by atoms with Crippen LogP contribution in [0.1, 0.15) is 5.56 Å². The number of pyridine rings is 1. The Morgan fingerprint density at radius 3 is 2.22 bits per heavy atom. The Hall–Kier alpha value is -0.870. The van der Waals surface area contributed by atoms with Crippen LogP contribution in [0.15, 0.2) is 24.3 Å². The highest BCUT2D eigenvalue weighted by Crippen LogP contribution is 2.36. The van der Waals surface area contributed by atoms with E-state index in [1.165, 1.54) is 18.2 Å². The second-order valence-electron chi connectivity index (χ2n) is 3.59. The number of benzene rings is 1. The first kappa shape index (κ1) is 13.6. The number of halogens is 4. The third-order valence-corrected chi connectivity index (χ3v) is 3.11. The average Bonchev–Trinajstić information content (AvgIpc) is 2.26. The van der Waals surface area contributed by atoms with Gasteiger partial charge in [-0.05, 0) is 29.8 Å². The van der Waals surface area contributed by atoms with Gasteiger partial charge in [-0.2, -0.15) is 4.39 Å². The molecule has 0 spiro atoms. The van der Waals surface area contributed by atoms with Crippen molar-refractivity contribution in [3.63, 3.8) is 0 Å². The van der Waals surface area contributed by atoms with Crippen molar-refractivity contribution in [1.29, 1.82) is 0 Å². The lowest BCUT2D eigenvalue weighted by atomic mass is 10.1. The van der Waals surface area contributed by atoms with Crippen molar-refractivity contribution in [2.45, 2.75) is 6.61 Å². The fourth-order valence-corrected chi connectivity index (χ4v) is 2.57. The Bertz CT molecular complexity index is 581. The molecule has 0 aliphatic heterocycles. The summed E-state index contributed by atoms with van der Waals surface area (Å²) >= 11 is 17.8.